The van der Waals surface area contributed by atoms with Gasteiger partial charge in [-0.05, 0) is 18.1 Å². The van der Waals surface area contributed by atoms with E-state index >= 15 is 0 Å². The summed E-state index contributed by atoms with van der Waals surface area (Å²) in [5.74, 6) is 1.28. The largest absolute Gasteiger partial charge is 0.491 e. The van der Waals surface area contributed by atoms with Crippen LogP contribution >= 0.6 is 11.6 Å². The lowest BCUT2D eigenvalue weighted by atomic mass is 10.1. The molecular weight excluding hydrogens is 210 g/mol. The molecule has 0 aromatic heterocycles. The molecule has 0 aliphatic heterocycles. The van der Waals surface area contributed by atoms with Crippen LogP contribution < -0.4 is 10.5 Å². The highest BCUT2D eigenvalue weighted by Crippen LogP contribution is 2.26. The van der Waals surface area contributed by atoms with E-state index in [0.29, 0.717) is 29.0 Å². The van der Waals surface area contributed by atoms with Crippen LogP contribution in [0.5, 0.6) is 5.75 Å². The fourth-order valence-electron chi connectivity index (χ4n) is 1.37. The molecule has 0 radical (unpaired) electrons. The van der Waals surface area contributed by atoms with Gasteiger partial charge >= 0.3 is 0 Å². The van der Waals surface area contributed by atoms with E-state index in [4.69, 9.17) is 22.1 Å². The summed E-state index contributed by atoms with van der Waals surface area (Å²) in [4.78, 5) is 0. The maximum Gasteiger partial charge on any atom is 0.143 e. The topological polar surface area (TPSA) is 35.2 Å². The summed E-state index contributed by atoms with van der Waals surface area (Å²) in [6.45, 7) is 5.04. The summed E-state index contributed by atoms with van der Waals surface area (Å²) in [7, 11) is 0. The number of anilines is 1. The summed E-state index contributed by atoms with van der Waals surface area (Å²) in [5, 5.41) is 0.656. The summed E-state index contributed by atoms with van der Waals surface area (Å²) in [6, 6.07) is 5.30. The van der Waals surface area contributed by atoms with Gasteiger partial charge in [-0.25, -0.2) is 0 Å². The van der Waals surface area contributed by atoms with Crippen molar-refractivity contribution in [3.8, 4) is 5.75 Å². The molecule has 0 fully saturated rings. The molecule has 0 saturated carbocycles. The lowest BCUT2D eigenvalue weighted by Gasteiger charge is -2.15. The number of halogens is 1. The Bertz CT molecular complexity index is 310. The van der Waals surface area contributed by atoms with Gasteiger partial charge in [0, 0.05) is 11.1 Å². The van der Waals surface area contributed by atoms with E-state index in [1.807, 2.05) is 0 Å². The molecule has 1 aromatic carbocycles. The van der Waals surface area contributed by atoms with Gasteiger partial charge in [-0.3, -0.25) is 0 Å². The summed E-state index contributed by atoms with van der Waals surface area (Å²) in [6.07, 6.45) is 2.24. The highest BCUT2D eigenvalue weighted by atomic mass is 35.5. The van der Waals surface area contributed by atoms with Gasteiger partial charge in [0.1, 0.15) is 5.75 Å². The van der Waals surface area contributed by atoms with Crippen LogP contribution in [0, 0.1) is 5.92 Å². The Kier molecular flexibility index (Phi) is 4.76. The highest BCUT2D eigenvalue weighted by Gasteiger charge is 2.06. The van der Waals surface area contributed by atoms with E-state index in [9.17, 15) is 0 Å². The zero-order valence-electron chi connectivity index (χ0n) is 9.29. The number of hydrogen-bond donors (Lipinski definition) is 1. The SMILES string of the molecule is CCC(CC)COc1cc(Cl)ccc1N. The monoisotopic (exact) mass is 227 g/mol. The molecular formula is C12H18ClNO. The first kappa shape index (κ1) is 12.2. The Hall–Kier alpha value is -0.890. The van der Waals surface area contributed by atoms with Gasteiger partial charge in [-0.1, -0.05) is 38.3 Å². The third kappa shape index (κ3) is 3.63. The van der Waals surface area contributed by atoms with Gasteiger partial charge in [0.15, 0.2) is 0 Å². The standard InChI is InChI=1S/C12H18ClNO/c1-3-9(4-2)8-15-12-7-10(13)5-6-11(12)14/h5-7,9H,3-4,8,14H2,1-2H3. The van der Waals surface area contributed by atoms with E-state index in [0.717, 1.165) is 12.8 Å². The van der Waals surface area contributed by atoms with E-state index < -0.39 is 0 Å². The minimum atomic E-state index is 0.586. The van der Waals surface area contributed by atoms with E-state index in [2.05, 4.69) is 13.8 Å². The minimum Gasteiger partial charge on any atom is -0.491 e. The zero-order valence-corrected chi connectivity index (χ0v) is 10.1. The van der Waals surface area contributed by atoms with Crippen LogP contribution in [0.2, 0.25) is 5.02 Å². The third-order valence-corrected chi connectivity index (χ3v) is 2.84. The Labute approximate surface area is 96.4 Å². The van der Waals surface area contributed by atoms with Crippen LogP contribution in [-0.4, -0.2) is 6.61 Å². The predicted molar refractivity (Wildman–Crippen MR) is 65.4 cm³/mol. The lowest BCUT2D eigenvalue weighted by Crippen LogP contribution is -2.10. The molecule has 2 nitrogen and oxygen atoms in total. The fraction of sp³-hybridized carbons (Fsp3) is 0.500. The molecule has 0 atom stereocenters. The molecule has 0 heterocycles. The van der Waals surface area contributed by atoms with E-state index in [1.54, 1.807) is 18.2 Å². The van der Waals surface area contributed by atoms with Crippen molar-refractivity contribution < 1.29 is 4.74 Å². The summed E-state index contributed by atoms with van der Waals surface area (Å²) in [5.41, 5.74) is 6.42. The molecule has 0 bridgehead atoms. The van der Waals surface area contributed by atoms with Crippen LogP contribution in [-0.2, 0) is 0 Å². The molecule has 0 aliphatic rings. The Morgan fingerprint density at radius 3 is 2.60 bits per heavy atom. The van der Waals surface area contributed by atoms with Crippen molar-refractivity contribution in [2.24, 2.45) is 5.92 Å². The number of nitrogens with two attached hydrogens (primary N) is 1. The number of rotatable bonds is 5. The Morgan fingerprint density at radius 2 is 2.00 bits per heavy atom. The number of nitrogen functional groups attached to an aromatic ring is 1. The van der Waals surface area contributed by atoms with Crippen molar-refractivity contribution in [3.05, 3.63) is 23.2 Å². The quantitative estimate of drug-likeness (QED) is 0.778. The molecule has 0 aliphatic carbocycles. The van der Waals surface area contributed by atoms with E-state index in [-0.39, 0.29) is 0 Å². The normalized spacial score (nSPS) is 10.7. The van der Waals surface area contributed by atoms with Gasteiger partial charge in [0.25, 0.3) is 0 Å². The second-order valence-electron chi connectivity index (χ2n) is 3.68. The molecule has 0 spiro atoms. The Balaban J connectivity index is 2.60. The average Bonchev–Trinajstić information content (AvgIpc) is 2.24. The first-order chi connectivity index (χ1) is 7.17. The van der Waals surface area contributed by atoms with Crippen molar-refractivity contribution in [2.75, 3.05) is 12.3 Å². The molecule has 3 heteroatoms. The molecule has 84 valence electrons. The minimum absolute atomic E-state index is 0.586. The first-order valence-corrected chi connectivity index (χ1v) is 5.73. The highest BCUT2D eigenvalue weighted by molar-refractivity contribution is 6.30. The van der Waals surface area contributed by atoms with Crippen LogP contribution in [0.3, 0.4) is 0 Å². The molecule has 1 aromatic rings. The van der Waals surface area contributed by atoms with Crippen molar-refractivity contribution in [2.45, 2.75) is 26.7 Å². The molecule has 0 saturated heterocycles. The maximum atomic E-state index is 5.86. The predicted octanol–water partition coefficient (Wildman–Crippen LogP) is 3.74. The van der Waals surface area contributed by atoms with Crippen LogP contribution in [0.25, 0.3) is 0 Å². The molecule has 2 N–H and O–H groups in total. The van der Waals surface area contributed by atoms with E-state index in [1.165, 1.54) is 0 Å². The molecule has 0 amide bonds. The number of benzene rings is 1. The smallest absolute Gasteiger partial charge is 0.143 e. The number of hydrogen-bond acceptors (Lipinski definition) is 2. The van der Waals surface area contributed by atoms with Crippen molar-refractivity contribution >= 4 is 17.3 Å². The van der Waals surface area contributed by atoms with Crippen molar-refractivity contribution in [3.63, 3.8) is 0 Å². The summed E-state index contributed by atoms with van der Waals surface area (Å²) < 4.78 is 5.65. The van der Waals surface area contributed by atoms with Crippen LogP contribution in [0.1, 0.15) is 26.7 Å². The van der Waals surface area contributed by atoms with Crippen molar-refractivity contribution in [1.29, 1.82) is 0 Å². The molecule has 1 rings (SSSR count). The third-order valence-electron chi connectivity index (χ3n) is 2.60. The van der Waals surface area contributed by atoms with Gasteiger partial charge in [0.05, 0.1) is 12.3 Å². The fourth-order valence-corrected chi connectivity index (χ4v) is 1.53. The molecule has 0 unspecified atom stereocenters. The summed E-state index contributed by atoms with van der Waals surface area (Å²) >= 11 is 5.86. The first-order valence-electron chi connectivity index (χ1n) is 5.35. The van der Waals surface area contributed by atoms with Gasteiger partial charge in [0.2, 0.25) is 0 Å². The second-order valence-corrected chi connectivity index (χ2v) is 4.11. The van der Waals surface area contributed by atoms with Gasteiger partial charge in [-0.15, -0.1) is 0 Å². The Morgan fingerprint density at radius 1 is 1.33 bits per heavy atom. The van der Waals surface area contributed by atoms with Crippen LogP contribution in [0.4, 0.5) is 5.69 Å². The van der Waals surface area contributed by atoms with Gasteiger partial charge in [-0.2, -0.15) is 0 Å². The van der Waals surface area contributed by atoms with Crippen molar-refractivity contribution in [1.82, 2.24) is 0 Å². The molecule has 15 heavy (non-hydrogen) atoms. The number of ether oxygens (including phenoxy) is 1. The van der Waals surface area contributed by atoms with Gasteiger partial charge < -0.3 is 10.5 Å². The van der Waals surface area contributed by atoms with Crippen LogP contribution in [0.15, 0.2) is 18.2 Å². The maximum absolute atomic E-state index is 5.86. The average molecular weight is 228 g/mol. The zero-order chi connectivity index (χ0) is 11.3. The lowest BCUT2D eigenvalue weighted by molar-refractivity contribution is 0.242. The second kappa shape index (κ2) is 5.86.